The van der Waals surface area contributed by atoms with Gasteiger partial charge in [-0.3, -0.25) is 14.5 Å². The van der Waals surface area contributed by atoms with Gasteiger partial charge in [0.1, 0.15) is 5.54 Å². The van der Waals surface area contributed by atoms with E-state index in [1.165, 1.54) is 0 Å². The van der Waals surface area contributed by atoms with Gasteiger partial charge in [0.2, 0.25) is 5.91 Å². The number of nitrogens with zero attached hydrogens (tertiary/aromatic N) is 2. The number of nitrogens with one attached hydrogen (secondary N) is 2. The highest BCUT2D eigenvalue weighted by Gasteiger charge is 2.43. The molecule has 0 aromatic heterocycles. The molecule has 0 atom stereocenters. The topological polar surface area (TPSA) is 90.9 Å². The van der Waals surface area contributed by atoms with Crippen LogP contribution in [0.2, 0.25) is 0 Å². The quantitative estimate of drug-likeness (QED) is 0.353. The lowest BCUT2D eigenvalue weighted by Gasteiger charge is -2.15. The van der Waals surface area contributed by atoms with Crippen molar-refractivity contribution < 1.29 is 14.4 Å². The van der Waals surface area contributed by atoms with Crippen LogP contribution in [0, 0.1) is 0 Å². The molecule has 0 bridgehead atoms. The lowest BCUT2D eigenvalue weighted by atomic mass is 10.1. The Labute approximate surface area is 144 Å². The van der Waals surface area contributed by atoms with Crippen LogP contribution in [0.25, 0.3) is 0 Å². The first-order valence-corrected chi connectivity index (χ1v) is 8.66. The first kappa shape index (κ1) is 18.0. The van der Waals surface area contributed by atoms with E-state index in [0.29, 0.717) is 0 Å². The lowest BCUT2D eigenvalue weighted by Crippen LogP contribution is -2.40. The smallest absolute Gasteiger partial charge is 0.324 e. The zero-order chi connectivity index (χ0) is 17.7. The maximum absolute atomic E-state index is 12.0. The Hall–Kier alpha value is -2.35. The Balaban J connectivity index is 1.80. The average molecular weight is 348 g/mol. The third-order valence-corrected chi connectivity index (χ3v) is 4.27. The molecule has 1 aliphatic rings. The second-order valence-corrected chi connectivity index (χ2v) is 6.71. The summed E-state index contributed by atoms with van der Waals surface area (Å²) in [5.41, 5.74) is 2.33. The summed E-state index contributed by atoms with van der Waals surface area (Å²) in [6, 6.07) is 7.25. The number of hydrazone groups is 1. The molecule has 24 heavy (non-hydrogen) atoms. The number of hydrogen-bond donors (Lipinski definition) is 2. The number of amides is 4. The molecule has 0 aliphatic carbocycles. The second kappa shape index (κ2) is 7.48. The molecule has 0 spiro atoms. The minimum atomic E-state index is -0.922. The number of hydrogen-bond acceptors (Lipinski definition) is 5. The van der Waals surface area contributed by atoms with Crippen molar-refractivity contribution in [2.45, 2.75) is 30.7 Å². The third-order valence-electron chi connectivity index (χ3n) is 3.53. The van der Waals surface area contributed by atoms with E-state index < -0.39 is 11.6 Å². The van der Waals surface area contributed by atoms with Crippen LogP contribution in [-0.4, -0.2) is 47.3 Å². The van der Waals surface area contributed by atoms with Crippen molar-refractivity contribution in [3.8, 4) is 0 Å². The molecule has 2 N–H and O–H groups in total. The van der Waals surface area contributed by atoms with E-state index in [9.17, 15) is 14.4 Å². The Bertz CT molecular complexity index is 670. The van der Waals surface area contributed by atoms with Gasteiger partial charge in [-0.15, -0.1) is 11.8 Å². The minimum absolute atomic E-state index is 0.00199. The van der Waals surface area contributed by atoms with Crippen molar-refractivity contribution in [2.75, 3.05) is 12.8 Å². The van der Waals surface area contributed by atoms with Gasteiger partial charge in [0, 0.05) is 17.9 Å². The summed E-state index contributed by atoms with van der Waals surface area (Å²) in [6.45, 7) is 3.28. The number of imide groups is 1. The third kappa shape index (κ3) is 4.35. The van der Waals surface area contributed by atoms with Gasteiger partial charge in [0.15, 0.2) is 0 Å². The molecule has 1 aromatic rings. The predicted molar refractivity (Wildman–Crippen MR) is 92.9 cm³/mol. The Morgan fingerprint density at radius 1 is 1.33 bits per heavy atom. The zero-order valence-corrected chi connectivity index (χ0v) is 14.6. The van der Waals surface area contributed by atoms with Crippen LogP contribution in [0.4, 0.5) is 4.79 Å². The van der Waals surface area contributed by atoms with Gasteiger partial charge in [0.25, 0.3) is 5.91 Å². The highest BCUT2D eigenvalue weighted by Crippen LogP contribution is 2.16. The maximum Gasteiger partial charge on any atom is 0.325 e. The number of rotatable bonds is 6. The first-order chi connectivity index (χ1) is 11.3. The van der Waals surface area contributed by atoms with Gasteiger partial charge in [-0.25, -0.2) is 10.2 Å². The van der Waals surface area contributed by atoms with Crippen LogP contribution < -0.4 is 10.7 Å². The fourth-order valence-corrected chi connectivity index (χ4v) is 2.57. The van der Waals surface area contributed by atoms with Crippen molar-refractivity contribution in [3.05, 3.63) is 29.8 Å². The highest BCUT2D eigenvalue weighted by molar-refractivity contribution is 7.98. The number of carbonyl (C=O) groups excluding carboxylic acids is 3. The lowest BCUT2D eigenvalue weighted by molar-refractivity contribution is -0.130. The monoisotopic (exact) mass is 348 g/mol. The van der Waals surface area contributed by atoms with Crippen LogP contribution in [0.1, 0.15) is 25.8 Å². The Morgan fingerprint density at radius 3 is 2.54 bits per heavy atom. The Kier molecular flexibility index (Phi) is 5.61. The number of carbonyl (C=O) groups is 3. The van der Waals surface area contributed by atoms with Crippen molar-refractivity contribution >= 4 is 35.8 Å². The van der Waals surface area contributed by atoms with Crippen LogP contribution in [0.5, 0.6) is 0 Å². The van der Waals surface area contributed by atoms with Gasteiger partial charge in [-0.05, 0) is 37.8 Å². The maximum atomic E-state index is 12.0. The van der Waals surface area contributed by atoms with Crippen molar-refractivity contribution in [1.82, 2.24) is 15.6 Å². The van der Waals surface area contributed by atoms with Crippen molar-refractivity contribution in [1.29, 1.82) is 0 Å². The molecule has 4 amide bonds. The number of thioether (sulfide) groups is 1. The molecule has 7 nitrogen and oxygen atoms in total. The van der Waals surface area contributed by atoms with Crippen molar-refractivity contribution in [2.24, 2.45) is 5.10 Å². The fourth-order valence-electron chi connectivity index (χ4n) is 2.16. The van der Waals surface area contributed by atoms with E-state index >= 15 is 0 Å². The van der Waals surface area contributed by atoms with Gasteiger partial charge >= 0.3 is 6.03 Å². The standard InChI is InChI=1S/C16H20N4O3S/c1-16(2)14(22)20(15(23)18-16)9-8-13(21)19-17-10-11-4-6-12(24-3)7-5-11/h4-7,10H,8-9H2,1-3H3,(H,18,23)(H,19,21)/b17-10-. The van der Waals surface area contributed by atoms with E-state index in [2.05, 4.69) is 15.8 Å². The minimum Gasteiger partial charge on any atom is -0.324 e. The molecule has 128 valence electrons. The molecule has 1 saturated heterocycles. The van der Waals surface area contributed by atoms with Crippen LogP contribution in [-0.2, 0) is 9.59 Å². The molecule has 0 saturated carbocycles. The average Bonchev–Trinajstić information content (AvgIpc) is 2.74. The van der Waals surface area contributed by atoms with Gasteiger partial charge < -0.3 is 5.32 Å². The van der Waals surface area contributed by atoms with Gasteiger partial charge in [-0.2, -0.15) is 5.10 Å². The largest absolute Gasteiger partial charge is 0.325 e. The van der Waals surface area contributed by atoms with E-state index in [-0.39, 0.29) is 24.8 Å². The molecule has 1 aromatic carbocycles. The normalized spacial score (nSPS) is 16.5. The summed E-state index contributed by atoms with van der Waals surface area (Å²) < 4.78 is 0. The molecule has 0 unspecified atom stereocenters. The summed E-state index contributed by atoms with van der Waals surface area (Å²) in [7, 11) is 0. The summed E-state index contributed by atoms with van der Waals surface area (Å²) in [5.74, 6) is -0.699. The first-order valence-electron chi connectivity index (χ1n) is 7.43. The van der Waals surface area contributed by atoms with Crippen molar-refractivity contribution in [3.63, 3.8) is 0 Å². The molecule has 1 fully saturated rings. The Morgan fingerprint density at radius 2 is 2.00 bits per heavy atom. The molecule has 2 rings (SSSR count). The summed E-state index contributed by atoms with van der Waals surface area (Å²) >= 11 is 1.65. The molecule has 1 heterocycles. The highest BCUT2D eigenvalue weighted by atomic mass is 32.2. The van der Waals surface area contributed by atoms with E-state index in [1.807, 2.05) is 30.5 Å². The van der Waals surface area contributed by atoms with E-state index in [4.69, 9.17) is 0 Å². The summed E-state index contributed by atoms with van der Waals surface area (Å²) in [5, 5.41) is 6.44. The van der Waals surface area contributed by atoms with E-state index in [0.717, 1.165) is 15.4 Å². The molecular weight excluding hydrogens is 328 g/mol. The molecule has 1 aliphatic heterocycles. The van der Waals surface area contributed by atoms with Crippen LogP contribution in [0.3, 0.4) is 0 Å². The van der Waals surface area contributed by atoms with Crippen LogP contribution in [0.15, 0.2) is 34.3 Å². The molecule has 8 heteroatoms. The SMILES string of the molecule is CSc1ccc(/C=N\NC(=O)CCN2C(=O)NC(C)(C)C2=O)cc1. The van der Waals surface area contributed by atoms with E-state index in [1.54, 1.807) is 31.8 Å². The fraction of sp³-hybridized carbons (Fsp3) is 0.375. The summed E-state index contributed by atoms with van der Waals surface area (Å²) in [4.78, 5) is 37.6. The predicted octanol–water partition coefficient (Wildman–Crippen LogP) is 1.58. The number of urea groups is 1. The van der Waals surface area contributed by atoms with Gasteiger partial charge in [-0.1, -0.05) is 12.1 Å². The zero-order valence-electron chi connectivity index (χ0n) is 13.8. The molecule has 0 radical (unpaired) electrons. The molecular formula is C16H20N4O3S. The van der Waals surface area contributed by atoms with Gasteiger partial charge in [0.05, 0.1) is 6.21 Å². The number of benzene rings is 1. The summed E-state index contributed by atoms with van der Waals surface area (Å²) in [6.07, 6.45) is 3.53. The van der Waals surface area contributed by atoms with Crippen LogP contribution >= 0.6 is 11.8 Å². The second-order valence-electron chi connectivity index (χ2n) is 5.83.